The molecule has 7 rings (SSSR count). The highest BCUT2D eigenvalue weighted by Crippen LogP contribution is 2.33. The number of benzene rings is 4. The van der Waals surface area contributed by atoms with E-state index in [0.29, 0.717) is 5.56 Å². The van der Waals surface area contributed by atoms with Gasteiger partial charge in [-0.1, -0.05) is 155 Å². The molecule has 3 nitrogen and oxygen atoms in total. The van der Waals surface area contributed by atoms with Crippen LogP contribution in [0.4, 0.5) is 0 Å². The van der Waals surface area contributed by atoms with E-state index in [1.807, 2.05) is 91.3 Å². The molecule has 0 aliphatic carbocycles. The van der Waals surface area contributed by atoms with Gasteiger partial charge in [0, 0.05) is 38.0 Å². The van der Waals surface area contributed by atoms with Crippen molar-refractivity contribution in [2.24, 2.45) is 0 Å². The summed E-state index contributed by atoms with van der Waals surface area (Å²) >= 11 is 0. The van der Waals surface area contributed by atoms with Gasteiger partial charge in [0.25, 0.3) is 0 Å². The van der Waals surface area contributed by atoms with Crippen molar-refractivity contribution in [3.8, 4) is 33.8 Å². The lowest BCUT2D eigenvalue weighted by Gasteiger charge is -2.28. The van der Waals surface area contributed by atoms with Crippen LogP contribution >= 0.6 is 0 Å². The molecule has 0 unspecified atom stereocenters. The van der Waals surface area contributed by atoms with Gasteiger partial charge in [-0.15, -0.1) is 0 Å². The second-order valence-electron chi connectivity index (χ2n) is 15.0. The summed E-state index contributed by atoms with van der Waals surface area (Å²) in [6, 6.07) is 49.7. The van der Waals surface area contributed by atoms with Crippen LogP contribution in [0.3, 0.4) is 0 Å². The smallest absolute Gasteiger partial charge is 0.0702 e. The Labute approximate surface area is 312 Å². The van der Waals surface area contributed by atoms with E-state index in [0.717, 1.165) is 52.2 Å². The van der Waals surface area contributed by atoms with Crippen LogP contribution in [-0.4, -0.2) is 15.0 Å². The molecule has 0 saturated carbocycles. The summed E-state index contributed by atoms with van der Waals surface area (Å²) < 4.78 is 18.5. The van der Waals surface area contributed by atoms with E-state index < -0.39 is 6.37 Å². The molecule has 52 heavy (non-hydrogen) atoms. The first kappa shape index (κ1) is 32.3. The summed E-state index contributed by atoms with van der Waals surface area (Å²) in [6.07, 6.45) is 5.89. The minimum atomic E-state index is -1.61. The summed E-state index contributed by atoms with van der Waals surface area (Å²) in [7, 11) is 0. The maximum atomic E-state index is 9.24. The molecular weight excluding hydrogens is 631 g/mol. The van der Waals surface area contributed by atoms with E-state index in [1.165, 1.54) is 22.3 Å². The van der Waals surface area contributed by atoms with Crippen LogP contribution in [0.1, 0.15) is 63.8 Å². The number of hydrogen-bond donors (Lipinski definition) is 0. The average molecular weight is 680 g/mol. The number of rotatable bonds is 12. The molecule has 3 aromatic heterocycles. The molecule has 0 atom stereocenters. The highest BCUT2D eigenvalue weighted by molar-refractivity contribution is 5.60. The predicted octanol–water partition coefficient (Wildman–Crippen LogP) is 11.7. The predicted molar refractivity (Wildman–Crippen MR) is 216 cm³/mol. The molecule has 0 fully saturated rings. The lowest BCUT2D eigenvalue weighted by atomic mass is 9.77. The molecule has 7 aromatic rings. The van der Waals surface area contributed by atoms with Gasteiger partial charge in [0.05, 0.1) is 17.1 Å². The summed E-state index contributed by atoms with van der Waals surface area (Å²) in [6.45, 7) is 9.06. The number of pyridine rings is 3. The number of hydrogen-bond acceptors (Lipinski definition) is 3. The number of aromatic nitrogens is 3. The Hall–Kier alpha value is -5.67. The first-order valence-corrected chi connectivity index (χ1v) is 18.1. The average Bonchev–Trinajstić information content (AvgIpc) is 3.18. The van der Waals surface area contributed by atoms with E-state index in [1.54, 1.807) is 6.20 Å². The minimum absolute atomic E-state index is 0.207. The third-order valence-corrected chi connectivity index (χ3v) is 9.96. The minimum Gasteiger partial charge on any atom is -0.256 e. The maximum Gasteiger partial charge on any atom is 0.0702 e. The van der Waals surface area contributed by atoms with Crippen LogP contribution in [0.2, 0.25) is 0 Å². The maximum absolute atomic E-state index is 9.24. The van der Waals surface area contributed by atoms with Gasteiger partial charge >= 0.3 is 0 Å². The van der Waals surface area contributed by atoms with Gasteiger partial charge in [0.15, 0.2) is 0 Å². The van der Waals surface area contributed by atoms with Crippen LogP contribution in [0.5, 0.6) is 0 Å². The van der Waals surface area contributed by atoms with Gasteiger partial charge in [-0.25, -0.2) is 0 Å². The zero-order chi connectivity index (χ0) is 37.8. The Balaban J connectivity index is 1.18. The monoisotopic (exact) mass is 679 g/mol. The molecule has 0 radical (unpaired) electrons. The summed E-state index contributed by atoms with van der Waals surface area (Å²) in [4.78, 5) is 14.3. The molecular formula is C49H47N3. The van der Waals surface area contributed by atoms with Crippen LogP contribution in [-0.2, 0) is 36.5 Å². The Morgan fingerprint density at radius 3 is 1.17 bits per heavy atom. The Morgan fingerprint density at radius 1 is 0.423 bits per heavy atom. The van der Waals surface area contributed by atoms with E-state index in [2.05, 4.69) is 99.4 Å². The van der Waals surface area contributed by atoms with Crippen molar-refractivity contribution in [3.05, 3.63) is 198 Å². The van der Waals surface area contributed by atoms with Crippen molar-refractivity contribution in [3.63, 3.8) is 0 Å². The van der Waals surface area contributed by atoms with Crippen molar-refractivity contribution < 1.29 is 2.74 Å². The molecule has 0 spiro atoms. The van der Waals surface area contributed by atoms with Gasteiger partial charge < -0.3 is 0 Å². The van der Waals surface area contributed by atoms with Crippen LogP contribution in [0.15, 0.2) is 164 Å². The van der Waals surface area contributed by atoms with Gasteiger partial charge in [0.1, 0.15) is 0 Å². The lowest BCUT2D eigenvalue weighted by molar-refractivity contribution is 0.512. The van der Waals surface area contributed by atoms with E-state index in [-0.39, 0.29) is 17.3 Å². The van der Waals surface area contributed by atoms with Crippen LogP contribution < -0.4 is 0 Å². The summed E-state index contributed by atoms with van der Waals surface area (Å²) in [5.41, 5.74) is 11.8. The molecule has 0 aliphatic rings. The first-order valence-electron chi connectivity index (χ1n) is 19.1. The third-order valence-electron chi connectivity index (χ3n) is 9.96. The van der Waals surface area contributed by atoms with E-state index in [9.17, 15) is 2.74 Å². The van der Waals surface area contributed by atoms with Crippen molar-refractivity contribution in [1.29, 1.82) is 0 Å². The molecule has 0 N–H and O–H groups in total. The molecule has 4 aromatic carbocycles. The Morgan fingerprint density at radius 2 is 0.808 bits per heavy atom. The molecule has 3 heteroatoms. The third kappa shape index (κ3) is 8.44. The standard InChI is InChI=1S/C49H47N3/c1-48(2,43-23-26-46(51-34-43)41-16-10-6-11-17-41)31-38-28-37(21-20-36-22-25-45(50-33-36)40-14-8-5-9-15-40)29-39(30-38)32-49(3,4)44-24-27-47(52-35-44)42-18-12-7-13-19-42/h5-19,22-30,33-35H,20-21,31-32H2,1-4H3/i20D2. The van der Waals surface area contributed by atoms with Gasteiger partial charge in [-0.05, 0) is 88.0 Å². The molecule has 3 heterocycles. The van der Waals surface area contributed by atoms with Crippen molar-refractivity contribution >= 4 is 0 Å². The summed E-state index contributed by atoms with van der Waals surface area (Å²) in [5, 5.41) is 0. The normalized spacial score (nSPS) is 12.6. The van der Waals surface area contributed by atoms with Gasteiger partial charge in [-0.2, -0.15) is 0 Å². The topological polar surface area (TPSA) is 38.7 Å². The largest absolute Gasteiger partial charge is 0.256 e. The SMILES string of the molecule is [2H]C([2H])(Cc1cc(CC(C)(C)c2ccc(-c3ccccc3)nc2)cc(CC(C)(C)c2ccc(-c3ccccc3)nc2)c1)c1ccc(-c2ccccc2)nc1. The first-order chi connectivity index (χ1) is 25.9. The second-order valence-corrected chi connectivity index (χ2v) is 15.0. The summed E-state index contributed by atoms with van der Waals surface area (Å²) in [5.74, 6) is 0. The Bertz CT molecular complexity index is 2010. The molecule has 0 bridgehead atoms. The van der Waals surface area contributed by atoms with Gasteiger partial charge in [0.2, 0.25) is 0 Å². The zero-order valence-electron chi connectivity index (χ0n) is 32.6. The lowest BCUT2D eigenvalue weighted by Crippen LogP contribution is -2.23. The quantitative estimate of drug-likeness (QED) is 0.129. The van der Waals surface area contributed by atoms with E-state index in [4.69, 9.17) is 9.97 Å². The molecule has 0 saturated heterocycles. The fourth-order valence-corrected chi connectivity index (χ4v) is 7.00. The molecule has 0 aliphatic heterocycles. The van der Waals surface area contributed by atoms with Crippen LogP contribution in [0, 0.1) is 0 Å². The van der Waals surface area contributed by atoms with Crippen molar-refractivity contribution in [2.75, 3.05) is 0 Å². The molecule has 0 amide bonds. The second kappa shape index (κ2) is 15.3. The van der Waals surface area contributed by atoms with E-state index >= 15 is 0 Å². The Kier molecular flexibility index (Phi) is 9.48. The highest BCUT2D eigenvalue weighted by Gasteiger charge is 2.25. The zero-order valence-corrected chi connectivity index (χ0v) is 30.6. The van der Waals surface area contributed by atoms with Crippen molar-refractivity contribution in [2.45, 2.75) is 64.2 Å². The fourth-order valence-electron chi connectivity index (χ4n) is 7.00. The number of nitrogens with zero attached hydrogens (tertiary/aromatic N) is 3. The molecule has 258 valence electrons. The number of aryl methyl sites for hydroxylation is 2. The van der Waals surface area contributed by atoms with Crippen molar-refractivity contribution in [1.82, 2.24) is 15.0 Å². The fraction of sp³-hybridized carbons (Fsp3) is 0.204. The van der Waals surface area contributed by atoms with Crippen LogP contribution in [0.25, 0.3) is 33.8 Å². The van der Waals surface area contributed by atoms with Gasteiger partial charge in [-0.3, -0.25) is 15.0 Å². The highest BCUT2D eigenvalue weighted by atomic mass is 14.7.